The minimum atomic E-state index is -3.34. The fraction of sp³-hybridized carbons (Fsp3) is 0.0952. The third kappa shape index (κ3) is 3.90. The molecule has 4 rings (SSSR count). The van der Waals surface area contributed by atoms with Crippen LogP contribution in [0.5, 0.6) is 11.5 Å². The van der Waals surface area contributed by atoms with E-state index >= 15 is 0 Å². The lowest BCUT2D eigenvalue weighted by Gasteiger charge is -2.12. The standard InChI is InChI=1S/C21H16BrClN2O3S/c1-13-24-21-18(23)7-4-8-19(21)25(13)14-5-3-6-15(11-14)28-20-12-16(29(2,26)27)9-10-17(20)22/h3-12H,1-2H3. The summed E-state index contributed by atoms with van der Waals surface area (Å²) in [5, 5.41) is 0.596. The first-order chi connectivity index (χ1) is 13.7. The van der Waals surface area contributed by atoms with Crippen molar-refractivity contribution in [3.63, 3.8) is 0 Å². The molecule has 0 fully saturated rings. The van der Waals surface area contributed by atoms with E-state index in [4.69, 9.17) is 16.3 Å². The molecule has 0 bridgehead atoms. The second-order valence-electron chi connectivity index (χ2n) is 6.57. The van der Waals surface area contributed by atoms with Crippen molar-refractivity contribution in [2.24, 2.45) is 0 Å². The van der Waals surface area contributed by atoms with Crippen LogP contribution in [0.4, 0.5) is 0 Å². The van der Waals surface area contributed by atoms with E-state index in [1.165, 1.54) is 18.4 Å². The quantitative estimate of drug-likeness (QED) is 0.354. The van der Waals surface area contributed by atoms with Crippen LogP contribution >= 0.6 is 27.5 Å². The van der Waals surface area contributed by atoms with Crippen LogP contribution in [0, 0.1) is 6.92 Å². The SMILES string of the molecule is Cc1nc2c(Cl)cccc2n1-c1cccc(Oc2cc(S(C)(=O)=O)ccc2Br)c1. The Balaban J connectivity index is 1.77. The third-order valence-corrected chi connectivity index (χ3v) is 6.51. The van der Waals surface area contributed by atoms with Crippen molar-refractivity contribution in [1.29, 1.82) is 0 Å². The zero-order valence-corrected chi connectivity index (χ0v) is 18.7. The van der Waals surface area contributed by atoms with Gasteiger partial charge in [-0.05, 0) is 59.3 Å². The number of benzene rings is 3. The first kappa shape index (κ1) is 19.9. The van der Waals surface area contributed by atoms with E-state index in [1.54, 1.807) is 6.07 Å². The highest BCUT2D eigenvalue weighted by Crippen LogP contribution is 2.34. The van der Waals surface area contributed by atoms with Gasteiger partial charge in [0.05, 0.1) is 25.6 Å². The van der Waals surface area contributed by atoms with Gasteiger partial charge in [0.25, 0.3) is 0 Å². The van der Waals surface area contributed by atoms with Gasteiger partial charge in [0.1, 0.15) is 22.8 Å². The Morgan fingerprint density at radius 1 is 1.07 bits per heavy atom. The summed E-state index contributed by atoms with van der Waals surface area (Å²) in [6.07, 6.45) is 1.17. The van der Waals surface area contributed by atoms with Gasteiger partial charge in [0.2, 0.25) is 0 Å². The van der Waals surface area contributed by atoms with E-state index in [1.807, 2.05) is 54.0 Å². The van der Waals surface area contributed by atoms with Crippen LogP contribution in [-0.2, 0) is 9.84 Å². The average Bonchev–Trinajstić information content (AvgIpc) is 3.00. The number of hydrogen-bond donors (Lipinski definition) is 0. The fourth-order valence-electron chi connectivity index (χ4n) is 3.11. The fourth-order valence-corrected chi connectivity index (χ4v) is 4.29. The Bertz CT molecular complexity index is 1350. The van der Waals surface area contributed by atoms with Crippen LogP contribution in [0.25, 0.3) is 16.7 Å². The van der Waals surface area contributed by atoms with Gasteiger partial charge in [-0.25, -0.2) is 13.4 Å². The van der Waals surface area contributed by atoms with Crippen molar-refractivity contribution < 1.29 is 13.2 Å². The number of aromatic nitrogens is 2. The van der Waals surface area contributed by atoms with Gasteiger partial charge in [0.15, 0.2) is 9.84 Å². The molecule has 0 N–H and O–H groups in total. The van der Waals surface area contributed by atoms with Crippen LogP contribution in [0.15, 0.2) is 70.0 Å². The van der Waals surface area contributed by atoms with Gasteiger partial charge in [-0.1, -0.05) is 23.7 Å². The van der Waals surface area contributed by atoms with Gasteiger partial charge < -0.3 is 4.74 Å². The minimum Gasteiger partial charge on any atom is -0.456 e. The van der Waals surface area contributed by atoms with Gasteiger partial charge in [-0.3, -0.25) is 4.57 Å². The monoisotopic (exact) mass is 490 g/mol. The molecule has 148 valence electrons. The second kappa shape index (κ2) is 7.48. The summed E-state index contributed by atoms with van der Waals surface area (Å²) in [4.78, 5) is 4.76. The summed E-state index contributed by atoms with van der Waals surface area (Å²) in [7, 11) is -3.34. The Labute approximate surface area is 182 Å². The van der Waals surface area contributed by atoms with Crippen molar-refractivity contribution >= 4 is 48.4 Å². The lowest BCUT2D eigenvalue weighted by atomic mass is 10.2. The van der Waals surface area contributed by atoms with Crippen LogP contribution < -0.4 is 4.74 Å². The largest absolute Gasteiger partial charge is 0.456 e. The van der Waals surface area contributed by atoms with E-state index in [2.05, 4.69) is 20.9 Å². The molecule has 0 saturated carbocycles. The van der Waals surface area contributed by atoms with E-state index in [0.29, 0.717) is 21.0 Å². The first-order valence-electron chi connectivity index (χ1n) is 8.65. The molecule has 0 saturated heterocycles. The normalized spacial score (nSPS) is 11.7. The zero-order chi connectivity index (χ0) is 20.8. The molecule has 0 aliphatic heterocycles. The molecule has 1 heterocycles. The number of sulfone groups is 1. The van der Waals surface area contributed by atoms with Crippen LogP contribution in [0.3, 0.4) is 0 Å². The second-order valence-corrected chi connectivity index (χ2v) is 9.84. The molecule has 0 atom stereocenters. The van der Waals surface area contributed by atoms with Crippen molar-refractivity contribution in [2.45, 2.75) is 11.8 Å². The number of hydrogen-bond acceptors (Lipinski definition) is 4. The molecule has 0 unspecified atom stereocenters. The predicted molar refractivity (Wildman–Crippen MR) is 118 cm³/mol. The Kier molecular flexibility index (Phi) is 5.14. The molecule has 0 aliphatic rings. The molecule has 0 spiro atoms. The number of nitrogens with zero attached hydrogens (tertiary/aromatic N) is 2. The van der Waals surface area contributed by atoms with E-state index in [0.717, 1.165) is 22.5 Å². The van der Waals surface area contributed by atoms with E-state index in [9.17, 15) is 8.42 Å². The summed E-state index contributed by atoms with van der Waals surface area (Å²) < 4.78 is 32.4. The number of para-hydroxylation sites is 1. The van der Waals surface area contributed by atoms with Crippen molar-refractivity contribution in [2.75, 3.05) is 6.26 Å². The van der Waals surface area contributed by atoms with Crippen LogP contribution in [-0.4, -0.2) is 24.2 Å². The van der Waals surface area contributed by atoms with Gasteiger partial charge in [-0.15, -0.1) is 0 Å². The number of ether oxygens (including phenoxy) is 1. The van der Waals surface area contributed by atoms with E-state index in [-0.39, 0.29) is 4.90 Å². The first-order valence-corrected chi connectivity index (χ1v) is 11.7. The molecule has 5 nitrogen and oxygen atoms in total. The number of imidazole rings is 1. The highest BCUT2D eigenvalue weighted by molar-refractivity contribution is 9.10. The van der Waals surface area contributed by atoms with Gasteiger partial charge >= 0.3 is 0 Å². The van der Waals surface area contributed by atoms with Gasteiger partial charge in [-0.2, -0.15) is 0 Å². The molecule has 8 heteroatoms. The molecular weight excluding hydrogens is 476 g/mol. The van der Waals surface area contributed by atoms with E-state index < -0.39 is 9.84 Å². The smallest absolute Gasteiger partial charge is 0.175 e. The highest BCUT2D eigenvalue weighted by atomic mass is 79.9. The number of fused-ring (bicyclic) bond motifs is 1. The van der Waals surface area contributed by atoms with Gasteiger partial charge in [0, 0.05) is 18.4 Å². The highest BCUT2D eigenvalue weighted by Gasteiger charge is 2.14. The minimum absolute atomic E-state index is 0.193. The summed E-state index contributed by atoms with van der Waals surface area (Å²) in [6.45, 7) is 1.91. The molecule has 1 aromatic heterocycles. The summed E-state index contributed by atoms with van der Waals surface area (Å²) in [6, 6.07) is 17.9. The maximum absolute atomic E-state index is 11.9. The summed E-state index contributed by atoms with van der Waals surface area (Å²) in [5.41, 5.74) is 2.49. The summed E-state index contributed by atoms with van der Waals surface area (Å²) >= 11 is 9.70. The molecule has 4 aromatic rings. The molecular formula is C21H16BrClN2O3S. The molecule has 0 amide bonds. The topological polar surface area (TPSA) is 61.2 Å². The van der Waals surface area contributed by atoms with Crippen LogP contribution in [0.1, 0.15) is 5.82 Å². The number of rotatable bonds is 4. The average molecular weight is 492 g/mol. The van der Waals surface area contributed by atoms with Crippen LogP contribution in [0.2, 0.25) is 5.02 Å². The Morgan fingerprint density at radius 3 is 2.59 bits per heavy atom. The third-order valence-electron chi connectivity index (χ3n) is 4.44. The lowest BCUT2D eigenvalue weighted by Crippen LogP contribution is -1.99. The Hall–Kier alpha value is -2.35. The lowest BCUT2D eigenvalue weighted by molar-refractivity contribution is 0.477. The maximum Gasteiger partial charge on any atom is 0.175 e. The molecule has 29 heavy (non-hydrogen) atoms. The number of halogens is 2. The van der Waals surface area contributed by atoms with Crippen molar-refractivity contribution in [3.05, 3.63) is 76.0 Å². The zero-order valence-electron chi connectivity index (χ0n) is 15.6. The maximum atomic E-state index is 11.9. The number of aryl methyl sites for hydroxylation is 1. The van der Waals surface area contributed by atoms with Crippen molar-refractivity contribution in [1.82, 2.24) is 9.55 Å². The summed E-state index contributed by atoms with van der Waals surface area (Å²) in [5.74, 6) is 1.78. The van der Waals surface area contributed by atoms with Crippen molar-refractivity contribution in [3.8, 4) is 17.2 Å². The Morgan fingerprint density at radius 2 is 1.83 bits per heavy atom. The molecule has 0 radical (unpaired) electrons. The molecule has 3 aromatic carbocycles. The predicted octanol–water partition coefficient (Wildman–Crippen LogP) is 5.95. The molecule has 0 aliphatic carbocycles.